The summed E-state index contributed by atoms with van der Waals surface area (Å²) in [7, 11) is 0. The van der Waals surface area contributed by atoms with Crippen molar-refractivity contribution in [2.24, 2.45) is 56.7 Å². The summed E-state index contributed by atoms with van der Waals surface area (Å²) in [6.07, 6.45) is 10.5. The molecule has 236 valence electrons. The molecule has 3 unspecified atom stereocenters. The number of carboxylic acid groups (broad SMARTS) is 1. The number of aliphatic hydroxyl groups excluding tert-OH is 1. The van der Waals surface area contributed by atoms with E-state index in [1.807, 2.05) is 6.07 Å². The molecular formula is C38H55NO4. The van der Waals surface area contributed by atoms with Gasteiger partial charge in [-0.3, -0.25) is 4.79 Å². The van der Waals surface area contributed by atoms with E-state index in [-0.39, 0.29) is 44.6 Å². The minimum atomic E-state index is -0.946. The van der Waals surface area contributed by atoms with Gasteiger partial charge in [-0.1, -0.05) is 58.9 Å². The molecule has 5 aliphatic rings. The van der Waals surface area contributed by atoms with Crippen LogP contribution in [0, 0.1) is 56.7 Å². The van der Waals surface area contributed by atoms with Crippen LogP contribution in [0.2, 0.25) is 0 Å². The maximum absolute atomic E-state index is 14.4. The van der Waals surface area contributed by atoms with Crippen LogP contribution in [0.3, 0.4) is 0 Å². The predicted octanol–water partition coefficient (Wildman–Crippen LogP) is 8.02. The SMILES string of the molecule is C=C(C)[C@@H]1CC[C@]2(C(=O)NCc3cccc(C(=O)O)c3)CC[C@]3(C)[C@H](CCC4[C@@]5(C)CC[C@H](O)C(C)(C)C5CC[C@]43C)C12. The van der Waals surface area contributed by atoms with E-state index in [1.54, 1.807) is 18.2 Å². The molecular weight excluding hydrogens is 534 g/mol. The number of carboxylic acids is 1. The molecule has 5 nitrogen and oxygen atoms in total. The van der Waals surface area contributed by atoms with Gasteiger partial charge in [0, 0.05) is 6.54 Å². The van der Waals surface area contributed by atoms with Gasteiger partial charge in [0.05, 0.1) is 17.1 Å². The second-order valence-corrected chi connectivity index (χ2v) is 16.9. The maximum atomic E-state index is 14.4. The summed E-state index contributed by atoms with van der Waals surface area (Å²) in [5.74, 6) is 1.54. The molecule has 6 rings (SSSR count). The molecule has 0 aromatic heterocycles. The summed E-state index contributed by atoms with van der Waals surface area (Å²) in [6.45, 7) is 19.4. The van der Waals surface area contributed by atoms with Crippen molar-refractivity contribution in [1.82, 2.24) is 5.32 Å². The number of rotatable bonds is 5. The van der Waals surface area contributed by atoms with Crippen LogP contribution in [0.15, 0.2) is 36.4 Å². The zero-order valence-corrected chi connectivity index (χ0v) is 27.5. The zero-order valence-electron chi connectivity index (χ0n) is 27.5. The monoisotopic (exact) mass is 589 g/mol. The molecule has 3 N–H and O–H groups in total. The highest BCUT2D eigenvalue weighted by Gasteiger charge is 2.71. The van der Waals surface area contributed by atoms with Crippen LogP contribution in [-0.4, -0.2) is 28.2 Å². The van der Waals surface area contributed by atoms with Crippen molar-refractivity contribution in [3.8, 4) is 0 Å². The first-order valence-electron chi connectivity index (χ1n) is 17.1. The van der Waals surface area contributed by atoms with Crippen molar-refractivity contribution in [2.75, 3.05) is 0 Å². The van der Waals surface area contributed by atoms with Gasteiger partial charge in [-0.15, -0.1) is 0 Å². The topological polar surface area (TPSA) is 86.6 Å². The summed E-state index contributed by atoms with van der Waals surface area (Å²) in [6, 6.07) is 6.93. The quantitative estimate of drug-likeness (QED) is 0.304. The van der Waals surface area contributed by atoms with Gasteiger partial charge in [0.2, 0.25) is 5.91 Å². The molecule has 5 heteroatoms. The molecule has 0 saturated heterocycles. The highest BCUT2D eigenvalue weighted by atomic mass is 16.4. The highest BCUT2D eigenvalue weighted by molar-refractivity contribution is 5.88. The largest absolute Gasteiger partial charge is 0.478 e. The molecule has 5 aliphatic carbocycles. The molecule has 0 heterocycles. The first kappa shape index (κ1) is 30.9. The van der Waals surface area contributed by atoms with Gasteiger partial charge >= 0.3 is 5.97 Å². The lowest BCUT2D eigenvalue weighted by atomic mass is 9.32. The lowest BCUT2D eigenvalue weighted by Crippen LogP contribution is -2.67. The van der Waals surface area contributed by atoms with Gasteiger partial charge in [0.25, 0.3) is 0 Å². The molecule has 1 aromatic carbocycles. The number of hydrogen-bond donors (Lipinski definition) is 3. The molecule has 0 spiro atoms. The highest BCUT2D eigenvalue weighted by Crippen LogP contribution is 2.77. The van der Waals surface area contributed by atoms with E-state index >= 15 is 0 Å². The smallest absolute Gasteiger partial charge is 0.335 e. The Bertz CT molecular complexity index is 1320. The molecule has 43 heavy (non-hydrogen) atoms. The molecule has 0 radical (unpaired) electrons. The summed E-state index contributed by atoms with van der Waals surface area (Å²) in [5, 5.41) is 23.8. The first-order valence-corrected chi connectivity index (χ1v) is 17.1. The Kier molecular flexibility index (Phi) is 7.31. The van der Waals surface area contributed by atoms with Gasteiger partial charge in [-0.2, -0.15) is 0 Å². The fraction of sp³-hybridized carbons (Fsp3) is 0.737. The number of benzene rings is 1. The number of carbonyl (C=O) groups is 2. The van der Waals surface area contributed by atoms with E-state index in [0.717, 1.165) is 44.1 Å². The third-order valence-corrected chi connectivity index (χ3v) is 15.1. The van der Waals surface area contributed by atoms with Crippen LogP contribution >= 0.6 is 0 Å². The minimum Gasteiger partial charge on any atom is -0.478 e. The van der Waals surface area contributed by atoms with Gasteiger partial charge in [0.1, 0.15) is 0 Å². The van der Waals surface area contributed by atoms with Gasteiger partial charge in [-0.25, -0.2) is 4.79 Å². The average Bonchev–Trinajstić information content (AvgIpc) is 3.36. The number of amides is 1. The van der Waals surface area contributed by atoms with Crippen molar-refractivity contribution >= 4 is 11.9 Å². The van der Waals surface area contributed by atoms with E-state index in [1.165, 1.54) is 31.3 Å². The number of aromatic carboxylic acids is 1. The van der Waals surface area contributed by atoms with Crippen molar-refractivity contribution in [1.29, 1.82) is 0 Å². The molecule has 1 amide bonds. The Balaban J connectivity index is 1.31. The van der Waals surface area contributed by atoms with Crippen LogP contribution in [-0.2, 0) is 11.3 Å². The summed E-state index contributed by atoms with van der Waals surface area (Å²) in [5.41, 5.74) is 2.48. The molecule has 0 aliphatic heterocycles. The molecule has 1 aromatic rings. The van der Waals surface area contributed by atoms with Crippen molar-refractivity contribution in [3.05, 3.63) is 47.5 Å². The molecule has 5 fully saturated rings. The van der Waals surface area contributed by atoms with Crippen LogP contribution in [0.5, 0.6) is 0 Å². The van der Waals surface area contributed by atoms with Crippen molar-refractivity contribution < 1.29 is 19.8 Å². The minimum absolute atomic E-state index is 0.0492. The average molecular weight is 590 g/mol. The Hall–Kier alpha value is -2.14. The fourth-order valence-corrected chi connectivity index (χ4v) is 12.7. The van der Waals surface area contributed by atoms with E-state index in [0.29, 0.717) is 36.1 Å². The van der Waals surface area contributed by atoms with E-state index in [9.17, 15) is 19.8 Å². The van der Waals surface area contributed by atoms with Crippen molar-refractivity contribution in [3.63, 3.8) is 0 Å². The third kappa shape index (κ3) is 4.26. The van der Waals surface area contributed by atoms with Gasteiger partial charge < -0.3 is 15.5 Å². The van der Waals surface area contributed by atoms with E-state index in [2.05, 4.69) is 53.4 Å². The van der Waals surface area contributed by atoms with E-state index in [4.69, 9.17) is 0 Å². The summed E-state index contributed by atoms with van der Waals surface area (Å²) >= 11 is 0. The molecule has 0 bridgehead atoms. The Labute approximate surface area is 259 Å². The summed E-state index contributed by atoms with van der Waals surface area (Å²) in [4.78, 5) is 25.9. The second-order valence-electron chi connectivity index (χ2n) is 16.9. The Morgan fingerprint density at radius 3 is 2.35 bits per heavy atom. The van der Waals surface area contributed by atoms with Crippen molar-refractivity contribution in [2.45, 2.75) is 118 Å². The molecule has 10 atom stereocenters. The van der Waals surface area contributed by atoms with Crippen LogP contribution in [0.1, 0.15) is 122 Å². The number of nitrogens with one attached hydrogen (secondary N) is 1. The maximum Gasteiger partial charge on any atom is 0.335 e. The van der Waals surface area contributed by atoms with Gasteiger partial charge in [-0.05, 0) is 140 Å². The van der Waals surface area contributed by atoms with Crippen LogP contribution in [0.25, 0.3) is 0 Å². The number of fused-ring (bicyclic) bond motifs is 7. The number of carbonyl (C=O) groups excluding carboxylic acids is 1. The second kappa shape index (κ2) is 10.2. The first-order chi connectivity index (χ1) is 20.1. The number of aliphatic hydroxyl groups is 1. The number of hydrogen-bond acceptors (Lipinski definition) is 3. The zero-order chi connectivity index (χ0) is 31.2. The van der Waals surface area contributed by atoms with E-state index < -0.39 is 5.97 Å². The van der Waals surface area contributed by atoms with Crippen LogP contribution in [0.4, 0.5) is 0 Å². The van der Waals surface area contributed by atoms with Crippen LogP contribution < -0.4 is 5.32 Å². The standard InChI is InChI=1S/C38H55NO4/c1-23(2)26-13-18-38(33(43)39-22-24-9-8-10-25(21-24)32(41)42)20-19-36(6)27(31(26)38)11-12-29-35(5)16-15-30(40)34(3,4)28(35)14-17-37(29,36)7/h8-10,21,26-31,40H,1,11-20,22H2,2-7H3,(H,39,43)(H,41,42)/t26-,27+,28?,29?,30-,31?,35-,36+,37+,38-/m0/s1. The fourth-order valence-electron chi connectivity index (χ4n) is 12.7. The number of allylic oxidation sites excluding steroid dienone is 1. The van der Waals surface area contributed by atoms with Gasteiger partial charge in [0.15, 0.2) is 0 Å². The predicted molar refractivity (Wildman–Crippen MR) is 170 cm³/mol. The lowest BCUT2D eigenvalue weighted by Gasteiger charge is -2.72. The summed E-state index contributed by atoms with van der Waals surface area (Å²) < 4.78 is 0. The molecule has 5 saturated carbocycles. The Morgan fingerprint density at radius 1 is 0.907 bits per heavy atom. The normalized spacial score (nSPS) is 44.7. The third-order valence-electron chi connectivity index (χ3n) is 15.1. The Morgan fingerprint density at radius 2 is 1.65 bits per heavy atom. The lowest BCUT2D eigenvalue weighted by molar-refractivity contribution is -0.246.